The first-order chi connectivity index (χ1) is 10.4. The summed E-state index contributed by atoms with van der Waals surface area (Å²) >= 11 is 0. The summed E-state index contributed by atoms with van der Waals surface area (Å²) in [6.45, 7) is 10.9. The van der Waals surface area contributed by atoms with Crippen LogP contribution in [0.3, 0.4) is 0 Å². The molecule has 1 aromatic carbocycles. The number of hydrogen-bond donors (Lipinski definition) is 0. The number of hydrogen-bond acceptors (Lipinski definition) is 1. The SMILES string of the molecule is CC.CC.CCOc1c2c(cc3c1CCCC3)CCCC2.[HH].[HH]. The van der Waals surface area contributed by atoms with Crippen LogP contribution in [0.4, 0.5) is 0 Å². The van der Waals surface area contributed by atoms with Crippen LogP contribution in [-0.2, 0) is 25.7 Å². The minimum absolute atomic E-state index is 0. The number of rotatable bonds is 2. The molecule has 0 aromatic heterocycles. The third-order valence-corrected chi connectivity index (χ3v) is 4.21. The van der Waals surface area contributed by atoms with Gasteiger partial charge in [-0.2, -0.15) is 0 Å². The highest BCUT2D eigenvalue weighted by Crippen LogP contribution is 2.38. The van der Waals surface area contributed by atoms with E-state index in [9.17, 15) is 0 Å². The molecule has 0 aliphatic heterocycles. The predicted octanol–water partition coefficient (Wildman–Crippen LogP) is 6.39. The minimum atomic E-state index is 0. The summed E-state index contributed by atoms with van der Waals surface area (Å²) in [6.07, 6.45) is 10.4. The Hall–Kier alpha value is -0.980. The van der Waals surface area contributed by atoms with Gasteiger partial charge >= 0.3 is 0 Å². The van der Waals surface area contributed by atoms with E-state index < -0.39 is 0 Å². The molecule has 0 amide bonds. The number of ether oxygens (including phenoxy) is 1. The Bertz CT molecular complexity index is 396. The van der Waals surface area contributed by atoms with E-state index in [-0.39, 0.29) is 2.85 Å². The minimum Gasteiger partial charge on any atom is -0.493 e. The lowest BCUT2D eigenvalue weighted by Gasteiger charge is -2.27. The molecule has 0 radical (unpaired) electrons. The summed E-state index contributed by atoms with van der Waals surface area (Å²) in [6, 6.07) is 2.49. The molecule has 0 N–H and O–H groups in total. The van der Waals surface area contributed by atoms with Crippen molar-refractivity contribution in [3.05, 3.63) is 28.3 Å². The Morgan fingerprint density at radius 2 is 1.24 bits per heavy atom. The third-order valence-electron chi connectivity index (χ3n) is 4.21. The van der Waals surface area contributed by atoms with Gasteiger partial charge in [0.25, 0.3) is 0 Å². The van der Waals surface area contributed by atoms with Crippen molar-refractivity contribution < 1.29 is 7.59 Å². The van der Waals surface area contributed by atoms with Crippen LogP contribution in [0, 0.1) is 0 Å². The lowest BCUT2D eigenvalue weighted by Crippen LogP contribution is -2.13. The standard InChI is InChI=1S/C16H22O.2C2H6.2H2/c1-2-17-16-14-9-5-3-7-12(14)11-13-8-4-6-10-15(13)16;2*1-2;;/h11H,2-10H2,1H3;2*1-2H3;2*1H. The van der Waals surface area contributed by atoms with Crippen LogP contribution in [0.25, 0.3) is 0 Å². The molecule has 0 atom stereocenters. The molecule has 1 nitrogen and oxygen atoms in total. The highest BCUT2D eigenvalue weighted by Gasteiger charge is 2.22. The van der Waals surface area contributed by atoms with Gasteiger partial charge in [0, 0.05) is 2.85 Å². The molecule has 3 rings (SSSR count). The quantitative estimate of drug-likeness (QED) is 0.614. The van der Waals surface area contributed by atoms with E-state index in [4.69, 9.17) is 4.74 Å². The summed E-state index contributed by atoms with van der Waals surface area (Å²) in [4.78, 5) is 0. The lowest BCUT2D eigenvalue weighted by molar-refractivity contribution is 0.328. The fourth-order valence-corrected chi connectivity index (χ4v) is 3.41. The van der Waals surface area contributed by atoms with Crippen LogP contribution in [0.15, 0.2) is 6.07 Å². The maximum atomic E-state index is 6.00. The van der Waals surface area contributed by atoms with Crippen molar-refractivity contribution in [2.24, 2.45) is 0 Å². The first-order valence-electron chi connectivity index (χ1n) is 9.19. The molecule has 0 fully saturated rings. The van der Waals surface area contributed by atoms with Crippen molar-refractivity contribution in [1.29, 1.82) is 0 Å². The number of aryl methyl sites for hydroxylation is 2. The van der Waals surface area contributed by atoms with Gasteiger partial charge in [-0.3, -0.25) is 0 Å². The Kier molecular flexibility index (Phi) is 8.49. The second-order valence-electron chi connectivity index (χ2n) is 5.33. The zero-order valence-electron chi connectivity index (χ0n) is 14.8. The van der Waals surface area contributed by atoms with Gasteiger partial charge in [0.1, 0.15) is 5.75 Å². The van der Waals surface area contributed by atoms with Crippen LogP contribution in [-0.4, -0.2) is 6.61 Å². The van der Waals surface area contributed by atoms with Crippen molar-refractivity contribution in [2.75, 3.05) is 6.61 Å². The molecule has 0 heterocycles. The molecule has 0 saturated heterocycles. The normalized spacial score (nSPS) is 15.5. The van der Waals surface area contributed by atoms with Crippen LogP contribution < -0.4 is 4.74 Å². The molecule has 0 spiro atoms. The predicted molar refractivity (Wildman–Crippen MR) is 97.8 cm³/mol. The van der Waals surface area contributed by atoms with Gasteiger partial charge in [-0.25, -0.2) is 0 Å². The Labute approximate surface area is 135 Å². The van der Waals surface area contributed by atoms with Gasteiger partial charge in [0.15, 0.2) is 0 Å². The fourth-order valence-electron chi connectivity index (χ4n) is 3.41. The average Bonchev–Trinajstić information content (AvgIpc) is 2.58. The smallest absolute Gasteiger partial charge is 0.126 e. The Balaban J connectivity index is 0. The van der Waals surface area contributed by atoms with Crippen molar-refractivity contribution >= 4 is 0 Å². The van der Waals surface area contributed by atoms with Gasteiger partial charge in [0.2, 0.25) is 0 Å². The molecule has 0 saturated carbocycles. The highest BCUT2D eigenvalue weighted by molar-refractivity contribution is 5.52. The van der Waals surface area contributed by atoms with Crippen LogP contribution in [0.2, 0.25) is 0 Å². The van der Waals surface area contributed by atoms with Gasteiger partial charge in [0.05, 0.1) is 6.61 Å². The molecule has 1 aromatic rings. The third kappa shape index (κ3) is 4.25. The summed E-state index contributed by atoms with van der Waals surface area (Å²) in [5, 5.41) is 0. The largest absolute Gasteiger partial charge is 0.493 e. The second-order valence-corrected chi connectivity index (χ2v) is 5.33. The van der Waals surface area contributed by atoms with E-state index in [1.807, 2.05) is 27.7 Å². The fraction of sp³-hybridized carbons (Fsp3) is 0.700. The van der Waals surface area contributed by atoms with Gasteiger partial charge < -0.3 is 4.74 Å². The van der Waals surface area contributed by atoms with Crippen LogP contribution >= 0.6 is 0 Å². The summed E-state index contributed by atoms with van der Waals surface area (Å²) in [7, 11) is 0. The van der Waals surface area contributed by atoms with E-state index in [2.05, 4.69) is 13.0 Å². The van der Waals surface area contributed by atoms with Gasteiger partial charge in [-0.1, -0.05) is 33.8 Å². The van der Waals surface area contributed by atoms with E-state index in [1.54, 1.807) is 22.3 Å². The number of benzene rings is 1. The lowest BCUT2D eigenvalue weighted by atomic mass is 9.82. The van der Waals surface area contributed by atoms with Gasteiger partial charge in [-0.15, -0.1) is 0 Å². The maximum Gasteiger partial charge on any atom is 0.126 e. The molecular weight excluding hydrogens is 256 g/mol. The molecule has 124 valence electrons. The molecule has 0 unspecified atom stereocenters. The number of fused-ring (bicyclic) bond motifs is 2. The Morgan fingerprint density at radius 3 is 1.67 bits per heavy atom. The van der Waals surface area contributed by atoms with Crippen molar-refractivity contribution in [3.8, 4) is 5.75 Å². The van der Waals surface area contributed by atoms with Crippen molar-refractivity contribution in [1.82, 2.24) is 0 Å². The highest BCUT2D eigenvalue weighted by atomic mass is 16.5. The van der Waals surface area contributed by atoms with E-state index in [0.29, 0.717) is 0 Å². The first kappa shape index (κ1) is 18.1. The topological polar surface area (TPSA) is 9.23 Å². The van der Waals surface area contributed by atoms with Gasteiger partial charge in [-0.05, 0) is 80.5 Å². The molecular formula is C20H38O. The van der Waals surface area contributed by atoms with E-state index in [0.717, 1.165) is 6.61 Å². The van der Waals surface area contributed by atoms with Crippen LogP contribution in [0.5, 0.6) is 5.75 Å². The zero-order chi connectivity index (χ0) is 15.7. The van der Waals surface area contributed by atoms with E-state index >= 15 is 0 Å². The molecule has 2 aliphatic carbocycles. The summed E-state index contributed by atoms with van der Waals surface area (Å²) < 4.78 is 6.00. The Morgan fingerprint density at radius 1 is 0.810 bits per heavy atom. The molecule has 2 aliphatic rings. The maximum absolute atomic E-state index is 6.00. The van der Waals surface area contributed by atoms with Crippen molar-refractivity contribution in [2.45, 2.75) is 86.0 Å². The second kappa shape index (κ2) is 9.87. The first-order valence-corrected chi connectivity index (χ1v) is 9.19. The van der Waals surface area contributed by atoms with E-state index in [1.165, 1.54) is 57.1 Å². The average molecular weight is 295 g/mol. The molecule has 21 heavy (non-hydrogen) atoms. The summed E-state index contributed by atoms with van der Waals surface area (Å²) in [5.74, 6) is 1.28. The summed E-state index contributed by atoms with van der Waals surface area (Å²) in [5.41, 5.74) is 6.25. The zero-order valence-corrected chi connectivity index (χ0v) is 14.8. The monoisotopic (exact) mass is 294 g/mol. The molecule has 1 heteroatoms. The van der Waals surface area contributed by atoms with Crippen molar-refractivity contribution in [3.63, 3.8) is 0 Å². The molecule has 0 bridgehead atoms. The van der Waals surface area contributed by atoms with Crippen LogP contribution in [0.1, 0.15) is 85.4 Å².